The van der Waals surface area contributed by atoms with Gasteiger partial charge in [-0.05, 0) is 33.6 Å². The third-order valence-electron chi connectivity index (χ3n) is 4.58. The average Bonchev–Trinajstić information content (AvgIpc) is 3.19. The molecule has 154 valence electrons. The molecule has 2 aliphatic heterocycles. The second-order valence-corrected chi connectivity index (χ2v) is 9.58. The predicted molar refractivity (Wildman–Crippen MR) is 103 cm³/mol. The summed E-state index contributed by atoms with van der Waals surface area (Å²) in [4.78, 5) is 38.8. The van der Waals surface area contributed by atoms with Crippen molar-refractivity contribution in [2.45, 2.75) is 63.7 Å². The normalized spacial score (nSPS) is 21.3. The minimum absolute atomic E-state index is 0.0115. The molecule has 0 bridgehead atoms. The van der Waals surface area contributed by atoms with Gasteiger partial charge in [-0.25, -0.2) is 4.79 Å². The predicted octanol–water partition coefficient (Wildman–Crippen LogP) is 2.57. The molecule has 28 heavy (non-hydrogen) atoms. The Morgan fingerprint density at radius 3 is 2.50 bits per heavy atom. The number of likely N-dealkylation sites (tertiary alicyclic amines) is 1. The number of nitrogens with zero attached hydrogens (tertiary/aromatic N) is 4. The number of piperidine rings is 1. The van der Waals surface area contributed by atoms with Gasteiger partial charge >= 0.3 is 12.1 Å². The zero-order valence-electron chi connectivity index (χ0n) is 16.6. The molecule has 0 radical (unpaired) electrons. The third-order valence-corrected chi connectivity index (χ3v) is 5.56. The van der Waals surface area contributed by atoms with Gasteiger partial charge in [-0.15, -0.1) is 5.10 Å². The van der Waals surface area contributed by atoms with Crippen LogP contribution in [0.25, 0.3) is 0 Å². The number of hydrogen-bond donors (Lipinski definition) is 0. The maximum Gasteiger partial charge on any atom is 0.410 e. The Balaban J connectivity index is 1.56. The van der Waals surface area contributed by atoms with Crippen molar-refractivity contribution in [3.63, 3.8) is 0 Å². The Labute approximate surface area is 168 Å². The summed E-state index contributed by atoms with van der Waals surface area (Å²) in [6, 6.07) is 0.182. The monoisotopic (exact) mass is 410 g/mol. The summed E-state index contributed by atoms with van der Waals surface area (Å²) < 4.78 is 11.2. The second kappa shape index (κ2) is 8.10. The molecule has 2 amide bonds. The number of thioether (sulfide) groups is 1. The van der Waals surface area contributed by atoms with E-state index in [2.05, 4.69) is 10.2 Å². The van der Waals surface area contributed by atoms with E-state index in [-0.39, 0.29) is 40.7 Å². The van der Waals surface area contributed by atoms with E-state index < -0.39 is 5.60 Å². The summed E-state index contributed by atoms with van der Waals surface area (Å²) in [5, 5.41) is 8.05. The van der Waals surface area contributed by atoms with Gasteiger partial charge in [0.25, 0.3) is 0 Å². The number of anilines is 1. The molecule has 3 rings (SSSR count). The van der Waals surface area contributed by atoms with E-state index in [1.54, 1.807) is 4.90 Å². The van der Waals surface area contributed by atoms with Crippen LogP contribution < -0.4 is 4.90 Å². The molecule has 0 saturated carbocycles. The van der Waals surface area contributed by atoms with Gasteiger partial charge in [0.15, 0.2) is 5.12 Å². The van der Waals surface area contributed by atoms with Gasteiger partial charge in [0.1, 0.15) is 5.60 Å². The van der Waals surface area contributed by atoms with Crippen LogP contribution in [0, 0.1) is 0 Å². The summed E-state index contributed by atoms with van der Waals surface area (Å²) >= 11 is 1.17. The topological polar surface area (TPSA) is 106 Å². The van der Waals surface area contributed by atoms with Crippen LogP contribution in [0.15, 0.2) is 4.42 Å². The molecule has 0 spiro atoms. The van der Waals surface area contributed by atoms with Crippen LogP contribution in [-0.2, 0) is 14.3 Å². The van der Waals surface area contributed by atoms with Crippen molar-refractivity contribution in [2.75, 3.05) is 24.5 Å². The lowest BCUT2D eigenvalue weighted by atomic mass is 9.97. The highest BCUT2D eigenvalue weighted by atomic mass is 32.2. The van der Waals surface area contributed by atoms with E-state index in [4.69, 9.17) is 9.15 Å². The molecule has 2 aliphatic rings. The first kappa shape index (κ1) is 20.6. The van der Waals surface area contributed by atoms with Crippen LogP contribution >= 0.6 is 11.8 Å². The summed E-state index contributed by atoms with van der Waals surface area (Å²) in [6.07, 6.45) is 1.36. The van der Waals surface area contributed by atoms with Crippen molar-refractivity contribution in [1.82, 2.24) is 15.1 Å². The van der Waals surface area contributed by atoms with Crippen LogP contribution in [-0.4, -0.2) is 62.7 Å². The highest BCUT2D eigenvalue weighted by Crippen LogP contribution is 2.32. The van der Waals surface area contributed by atoms with E-state index in [0.29, 0.717) is 38.4 Å². The Hall–Kier alpha value is -2.10. The molecule has 9 nitrogen and oxygen atoms in total. The molecule has 1 aromatic heterocycles. The maximum atomic E-state index is 12.2. The fraction of sp³-hybridized carbons (Fsp3) is 0.722. The lowest BCUT2D eigenvalue weighted by Gasteiger charge is -2.32. The maximum absolute atomic E-state index is 12.2. The highest BCUT2D eigenvalue weighted by Gasteiger charge is 2.36. The van der Waals surface area contributed by atoms with Gasteiger partial charge in [0.2, 0.25) is 11.8 Å². The molecule has 0 N–H and O–H groups in total. The number of ether oxygens (including phenoxy) is 1. The zero-order chi connectivity index (χ0) is 20.5. The SMILES string of the molecule is CC(=O)SC1CC(=O)N(c2nnc(C3CCN(C(=O)OC(C)(C)C)CC3)o2)C1. The van der Waals surface area contributed by atoms with Gasteiger partial charge < -0.3 is 14.1 Å². The molecule has 3 heterocycles. The Bertz CT molecular complexity index is 751. The van der Waals surface area contributed by atoms with Crippen molar-refractivity contribution < 1.29 is 23.5 Å². The molecular weight excluding hydrogens is 384 g/mol. The first-order chi connectivity index (χ1) is 13.1. The smallest absolute Gasteiger partial charge is 0.410 e. The number of rotatable bonds is 3. The van der Waals surface area contributed by atoms with Gasteiger partial charge in [0.05, 0.1) is 0 Å². The van der Waals surface area contributed by atoms with E-state index in [9.17, 15) is 14.4 Å². The lowest BCUT2D eigenvalue weighted by Crippen LogP contribution is -2.41. The number of aromatic nitrogens is 2. The number of carbonyl (C=O) groups is 3. The quantitative estimate of drug-likeness (QED) is 0.748. The van der Waals surface area contributed by atoms with Crippen molar-refractivity contribution in [1.29, 1.82) is 0 Å². The summed E-state index contributed by atoms with van der Waals surface area (Å²) in [6.45, 7) is 8.52. The number of hydrogen-bond acceptors (Lipinski definition) is 8. The number of amides is 2. The Morgan fingerprint density at radius 1 is 1.21 bits per heavy atom. The first-order valence-electron chi connectivity index (χ1n) is 9.41. The van der Waals surface area contributed by atoms with Crippen LogP contribution in [0.3, 0.4) is 0 Å². The van der Waals surface area contributed by atoms with Crippen molar-refractivity contribution in [3.05, 3.63) is 5.89 Å². The van der Waals surface area contributed by atoms with E-state index in [0.717, 1.165) is 0 Å². The van der Waals surface area contributed by atoms with E-state index in [1.165, 1.54) is 23.6 Å². The summed E-state index contributed by atoms with van der Waals surface area (Å²) in [7, 11) is 0. The minimum atomic E-state index is -0.518. The Morgan fingerprint density at radius 2 is 1.89 bits per heavy atom. The minimum Gasteiger partial charge on any atom is -0.444 e. The van der Waals surface area contributed by atoms with Gasteiger partial charge in [-0.1, -0.05) is 16.9 Å². The van der Waals surface area contributed by atoms with Crippen LogP contribution in [0.5, 0.6) is 0 Å². The van der Waals surface area contributed by atoms with Crippen molar-refractivity contribution in [2.24, 2.45) is 0 Å². The standard InChI is InChI=1S/C18H26N4O5S/c1-11(23)28-13-9-14(24)22(10-13)16-20-19-15(26-16)12-5-7-21(8-6-12)17(25)27-18(2,3)4/h12-13H,5-10H2,1-4H3. The fourth-order valence-electron chi connectivity index (χ4n) is 3.31. The number of carbonyl (C=O) groups excluding carboxylic acids is 3. The lowest BCUT2D eigenvalue weighted by molar-refractivity contribution is -0.117. The van der Waals surface area contributed by atoms with Crippen molar-refractivity contribution in [3.8, 4) is 0 Å². The molecule has 1 unspecified atom stereocenters. The molecule has 1 aromatic rings. The van der Waals surface area contributed by atoms with Crippen molar-refractivity contribution >= 4 is 34.9 Å². The van der Waals surface area contributed by atoms with Crippen LogP contribution in [0.2, 0.25) is 0 Å². The molecule has 10 heteroatoms. The van der Waals surface area contributed by atoms with E-state index in [1.807, 2.05) is 20.8 Å². The molecule has 1 atom stereocenters. The molecule has 0 aromatic carbocycles. The average molecular weight is 410 g/mol. The van der Waals surface area contributed by atoms with Gasteiger partial charge in [-0.2, -0.15) is 0 Å². The summed E-state index contributed by atoms with van der Waals surface area (Å²) in [5.41, 5.74) is -0.518. The van der Waals surface area contributed by atoms with E-state index >= 15 is 0 Å². The van der Waals surface area contributed by atoms with Crippen LogP contribution in [0.1, 0.15) is 58.8 Å². The fourth-order valence-corrected chi connectivity index (χ4v) is 4.23. The van der Waals surface area contributed by atoms with Gasteiger partial charge in [0, 0.05) is 44.1 Å². The van der Waals surface area contributed by atoms with Gasteiger partial charge in [-0.3, -0.25) is 14.5 Å². The molecule has 0 aliphatic carbocycles. The summed E-state index contributed by atoms with van der Waals surface area (Å²) in [5.74, 6) is 0.406. The zero-order valence-corrected chi connectivity index (χ0v) is 17.5. The largest absolute Gasteiger partial charge is 0.444 e. The molecule has 2 saturated heterocycles. The Kier molecular flexibility index (Phi) is 5.97. The molecule has 2 fully saturated rings. The second-order valence-electron chi connectivity index (χ2n) is 8.10. The van der Waals surface area contributed by atoms with Crippen LogP contribution in [0.4, 0.5) is 10.8 Å². The highest BCUT2D eigenvalue weighted by molar-refractivity contribution is 8.14. The third kappa shape index (κ3) is 5.03. The molecular formula is C18H26N4O5S. The first-order valence-corrected chi connectivity index (χ1v) is 10.3.